The normalized spacial score (nSPS) is 18.9. The van der Waals surface area contributed by atoms with Gasteiger partial charge in [-0.2, -0.15) is 0 Å². The third-order valence-electron chi connectivity index (χ3n) is 6.02. The van der Waals surface area contributed by atoms with Crippen molar-refractivity contribution in [2.24, 2.45) is 5.92 Å². The quantitative estimate of drug-likeness (QED) is 0.815. The number of nitrogens with zero attached hydrogens (tertiary/aromatic N) is 2. The first-order valence-electron chi connectivity index (χ1n) is 10.3. The number of aryl methyl sites for hydroxylation is 1. The number of hydrogen-bond donors (Lipinski definition) is 0. The van der Waals surface area contributed by atoms with Crippen LogP contribution in [0.1, 0.15) is 49.7 Å². The van der Waals surface area contributed by atoms with E-state index in [2.05, 4.69) is 0 Å². The van der Waals surface area contributed by atoms with Gasteiger partial charge in [-0.3, -0.25) is 9.59 Å². The van der Waals surface area contributed by atoms with Gasteiger partial charge in [0.05, 0.1) is 0 Å². The molecular weight excluding hydrogens is 340 g/mol. The van der Waals surface area contributed by atoms with Gasteiger partial charge in [0, 0.05) is 32.1 Å². The Bertz CT molecular complexity index is 668. The van der Waals surface area contributed by atoms with Crippen molar-refractivity contribution in [3.63, 3.8) is 0 Å². The van der Waals surface area contributed by atoms with E-state index in [9.17, 15) is 9.59 Å². The second-order valence-electron chi connectivity index (χ2n) is 7.88. The van der Waals surface area contributed by atoms with Crippen LogP contribution < -0.4 is 4.74 Å². The molecule has 1 aliphatic heterocycles. The third kappa shape index (κ3) is 5.02. The number of ether oxygens (including phenoxy) is 1. The van der Waals surface area contributed by atoms with Crippen molar-refractivity contribution in [1.82, 2.24) is 9.80 Å². The molecule has 5 nitrogen and oxygen atoms in total. The molecule has 2 fully saturated rings. The number of benzene rings is 1. The van der Waals surface area contributed by atoms with Crippen LogP contribution in [0.2, 0.25) is 0 Å². The van der Waals surface area contributed by atoms with Crippen LogP contribution in [0.4, 0.5) is 0 Å². The summed E-state index contributed by atoms with van der Waals surface area (Å²) in [4.78, 5) is 29.2. The number of carbonyl (C=O) groups excluding carboxylic acids is 2. The first-order valence-corrected chi connectivity index (χ1v) is 10.3. The number of hydrogen-bond acceptors (Lipinski definition) is 3. The predicted molar refractivity (Wildman–Crippen MR) is 106 cm³/mol. The minimum Gasteiger partial charge on any atom is -0.483 e. The Kier molecular flexibility index (Phi) is 6.75. The summed E-state index contributed by atoms with van der Waals surface area (Å²) < 4.78 is 5.77. The minimum atomic E-state index is 0.00266. The maximum absolute atomic E-state index is 12.8. The zero-order chi connectivity index (χ0) is 19.2. The van der Waals surface area contributed by atoms with Crippen LogP contribution in [0.5, 0.6) is 5.75 Å². The Hall–Kier alpha value is -2.04. The lowest BCUT2D eigenvalue weighted by atomic mass is 9.88. The summed E-state index contributed by atoms with van der Waals surface area (Å²) in [5, 5.41) is 0. The SMILES string of the molecule is Cc1cccc(OCC(=O)N2CCCN(C(=O)C3CCCCC3)CC2)c1C. The zero-order valence-corrected chi connectivity index (χ0v) is 16.7. The van der Waals surface area contributed by atoms with E-state index in [1.165, 1.54) is 19.3 Å². The molecular formula is C22H32N2O3. The highest BCUT2D eigenvalue weighted by atomic mass is 16.5. The molecule has 5 heteroatoms. The van der Waals surface area contributed by atoms with Gasteiger partial charge in [-0.15, -0.1) is 0 Å². The Morgan fingerprint density at radius 3 is 2.44 bits per heavy atom. The Balaban J connectivity index is 1.50. The minimum absolute atomic E-state index is 0.00266. The highest BCUT2D eigenvalue weighted by Crippen LogP contribution is 2.26. The number of rotatable bonds is 4. The van der Waals surface area contributed by atoms with E-state index in [-0.39, 0.29) is 18.4 Å². The van der Waals surface area contributed by atoms with Crippen molar-refractivity contribution in [3.8, 4) is 5.75 Å². The van der Waals surface area contributed by atoms with E-state index in [4.69, 9.17) is 4.74 Å². The second-order valence-corrected chi connectivity index (χ2v) is 7.88. The molecule has 0 radical (unpaired) electrons. The van der Waals surface area contributed by atoms with Gasteiger partial charge in [0.25, 0.3) is 5.91 Å². The van der Waals surface area contributed by atoms with Crippen LogP contribution in [0.15, 0.2) is 18.2 Å². The molecule has 3 rings (SSSR count). The number of amides is 2. The van der Waals surface area contributed by atoms with Crippen LogP contribution in [-0.2, 0) is 9.59 Å². The second kappa shape index (κ2) is 9.25. The molecule has 2 aliphatic rings. The van der Waals surface area contributed by atoms with E-state index < -0.39 is 0 Å². The Morgan fingerprint density at radius 1 is 0.963 bits per heavy atom. The average molecular weight is 373 g/mol. The van der Waals surface area contributed by atoms with E-state index in [1.807, 2.05) is 41.8 Å². The Labute approximate surface area is 162 Å². The summed E-state index contributed by atoms with van der Waals surface area (Å²) in [6.07, 6.45) is 6.50. The molecule has 148 valence electrons. The molecule has 1 aliphatic carbocycles. The molecule has 1 aromatic carbocycles. The first-order chi connectivity index (χ1) is 13.1. The Morgan fingerprint density at radius 2 is 1.67 bits per heavy atom. The molecule has 1 aromatic rings. The van der Waals surface area contributed by atoms with Gasteiger partial charge in [0.15, 0.2) is 6.61 Å². The van der Waals surface area contributed by atoms with Crippen LogP contribution in [-0.4, -0.2) is 54.4 Å². The topological polar surface area (TPSA) is 49.9 Å². The average Bonchev–Trinajstić information content (AvgIpc) is 2.95. The molecule has 0 N–H and O–H groups in total. The summed E-state index contributed by atoms with van der Waals surface area (Å²) in [7, 11) is 0. The maximum Gasteiger partial charge on any atom is 0.260 e. The van der Waals surface area contributed by atoms with Crippen molar-refractivity contribution < 1.29 is 14.3 Å². The molecule has 1 saturated heterocycles. The van der Waals surface area contributed by atoms with Gasteiger partial charge >= 0.3 is 0 Å². The summed E-state index contributed by atoms with van der Waals surface area (Å²) in [5.41, 5.74) is 2.23. The molecule has 0 unspecified atom stereocenters. The van der Waals surface area contributed by atoms with E-state index in [1.54, 1.807) is 0 Å². The molecule has 0 bridgehead atoms. The highest BCUT2D eigenvalue weighted by molar-refractivity contribution is 5.80. The first kappa shape index (κ1) is 19.7. The van der Waals surface area contributed by atoms with Crippen molar-refractivity contribution in [2.75, 3.05) is 32.8 Å². The zero-order valence-electron chi connectivity index (χ0n) is 16.7. The van der Waals surface area contributed by atoms with Crippen LogP contribution in [0, 0.1) is 19.8 Å². The standard InChI is InChI=1S/C22H32N2O3/c1-17-8-6-11-20(18(17)2)27-16-21(25)23-12-7-13-24(15-14-23)22(26)19-9-4-3-5-10-19/h6,8,11,19H,3-5,7,9-10,12-16H2,1-2H3. The molecule has 27 heavy (non-hydrogen) atoms. The molecule has 1 saturated carbocycles. The lowest BCUT2D eigenvalue weighted by Gasteiger charge is -2.28. The van der Waals surface area contributed by atoms with Gasteiger partial charge in [-0.25, -0.2) is 0 Å². The lowest BCUT2D eigenvalue weighted by molar-refractivity contribution is -0.137. The molecule has 2 amide bonds. The van der Waals surface area contributed by atoms with Gasteiger partial charge < -0.3 is 14.5 Å². The summed E-state index contributed by atoms with van der Waals surface area (Å²) in [6, 6.07) is 5.89. The fourth-order valence-corrected chi connectivity index (χ4v) is 4.11. The third-order valence-corrected chi connectivity index (χ3v) is 6.02. The molecule has 0 aromatic heterocycles. The van der Waals surface area contributed by atoms with Gasteiger partial charge in [0.1, 0.15) is 5.75 Å². The summed E-state index contributed by atoms with van der Waals surface area (Å²) in [5.74, 6) is 1.28. The van der Waals surface area contributed by atoms with Crippen LogP contribution >= 0.6 is 0 Å². The predicted octanol–water partition coefficient (Wildman–Crippen LogP) is 3.32. The van der Waals surface area contributed by atoms with Crippen molar-refractivity contribution >= 4 is 11.8 Å². The van der Waals surface area contributed by atoms with Crippen LogP contribution in [0.3, 0.4) is 0 Å². The van der Waals surface area contributed by atoms with Crippen molar-refractivity contribution in [2.45, 2.75) is 52.4 Å². The van der Waals surface area contributed by atoms with Gasteiger partial charge in [-0.1, -0.05) is 31.4 Å². The van der Waals surface area contributed by atoms with Gasteiger partial charge in [-0.05, 0) is 50.3 Å². The van der Waals surface area contributed by atoms with Gasteiger partial charge in [0.2, 0.25) is 5.91 Å². The lowest BCUT2D eigenvalue weighted by Crippen LogP contribution is -2.41. The fraction of sp³-hybridized carbons (Fsp3) is 0.636. The van der Waals surface area contributed by atoms with E-state index in [0.717, 1.165) is 42.7 Å². The van der Waals surface area contributed by atoms with Crippen LogP contribution in [0.25, 0.3) is 0 Å². The van der Waals surface area contributed by atoms with Crippen molar-refractivity contribution in [1.29, 1.82) is 0 Å². The van der Waals surface area contributed by atoms with Crippen molar-refractivity contribution in [3.05, 3.63) is 29.3 Å². The van der Waals surface area contributed by atoms with E-state index in [0.29, 0.717) is 25.5 Å². The fourth-order valence-electron chi connectivity index (χ4n) is 4.11. The maximum atomic E-state index is 12.8. The summed E-state index contributed by atoms with van der Waals surface area (Å²) >= 11 is 0. The van der Waals surface area contributed by atoms with E-state index >= 15 is 0 Å². The summed E-state index contributed by atoms with van der Waals surface area (Å²) in [6.45, 7) is 6.81. The largest absolute Gasteiger partial charge is 0.483 e. The highest BCUT2D eigenvalue weighted by Gasteiger charge is 2.28. The molecule has 0 spiro atoms. The smallest absolute Gasteiger partial charge is 0.260 e. The monoisotopic (exact) mass is 372 g/mol. The molecule has 1 heterocycles. The number of carbonyl (C=O) groups is 2. The molecule has 0 atom stereocenters.